The first kappa shape index (κ1) is 16.7. The molecule has 0 bridgehead atoms. The lowest BCUT2D eigenvalue weighted by Crippen LogP contribution is -2.23. The summed E-state index contributed by atoms with van der Waals surface area (Å²) >= 11 is 0. The molecule has 2 N–H and O–H groups in total. The Kier molecular flexibility index (Phi) is 4.25. The summed E-state index contributed by atoms with van der Waals surface area (Å²) in [5.41, 5.74) is 3.13. The van der Waals surface area contributed by atoms with E-state index in [1.165, 1.54) is 4.68 Å². The monoisotopic (exact) mass is 360 g/mol. The third-order valence-corrected chi connectivity index (χ3v) is 4.36. The lowest BCUT2D eigenvalue weighted by molar-refractivity contribution is -0.136. The zero-order valence-electron chi connectivity index (χ0n) is 14.3. The van der Waals surface area contributed by atoms with Crippen molar-refractivity contribution in [2.45, 2.75) is 13.0 Å². The van der Waals surface area contributed by atoms with Crippen molar-refractivity contribution in [3.63, 3.8) is 0 Å². The molecule has 0 saturated carbocycles. The van der Waals surface area contributed by atoms with E-state index in [2.05, 4.69) is 15.3 Å². The number of carboxylic acid groups (broad SMARTS) is 1. The Balaban J connectivity index is 1.71. The van der Waals surface area contributed by atoms with Gasteiger partial charge in [-0.05, 0) is 22.8 Å². The Hall–Kier alpha value is -3.74. The molecule has 0 amide bonds. The highest BCUT2D eigenvalue weighted by Crippen LogP contribution is 2.21. The summed E-state index contributed by atoms with van der Waals surface area (Å²) in [5.74, 6) is -0.889. The number of aliphatic carboxylic acids is 1. The molecule has 7 nitrogen and oxygen atoms in total. The van der Waals surface area contributed by atoms with Crippen molar-refractivity contribution >= 4 is 16.7 Å². The maximum atomic E-state index is 12.9. The van der Waals surface area contributed by atoms with Gasteiger partial charge in [0, 0.05) is 17.1 Å². The van der Waals surface area contributed by atoms with Gasteiger partial charge in [-0.3, -0.25) is 14.7 Å². The summed E-state index contributed by atoms with van der Waals surface area (Å²) in [6.07, 6.45) is 5.09. The summed E-state index contributed by atoms with van der Waals surface area (Å²) in [7, 11) is 0. The highest BCUT2D eigenvalue weighted by Gasteiger charge is 2.08. The number of benzene rings is 2. The fraction of sp³-hybridized carbons (Fsp3) is 0.100. The number of rotatable bonds is 5. The zero-order chi connectivity index (χ0) is 18.8. The van der Waals surface area contributed by atoms with E-state index >= 15 is 0 Å². The Morgan fingerprint density at radius 1 is 1.07 bits per heavy atom. The topological polar surface area (TPSA) is 101 Å². The van der Waals surface area contributed by atoms with Crippen molar-refractivity contribution < 1.29 is 9.90 Å². The van der Waals surface area contributed by atoms with Crippen molar-refractivity contribution in [1.82, 2.24) is 20.0 Å². The predicted molar refractivity (Wildman–Crippen MR) is 100 cm³/mol. The van der Waals surface area contributed by atoms with E-state index in [-0.39, 0.29) is 18.5 Å². The average molecular weight is 360 g/mol. The quantitative estimate of drug-likeness (QED) is 0.569. The number of H-pyrrole nitrogens is 1. The van der Waals surface area contributed by atoms with Crippen LogP contribution in [0.1, 0.15) is 11.1 Å². The fourth-order valence-electron chi connectivity index (χ4n) is 3.06. The van der Waals surface area contributed by atoms with Crippen molar-refractivity contribution in [2.24, 2.45) is 0 Å². The van der Waals surface area contributed by atoms with Crippen LogP contribution in [0.3, 0.4) is 0 Å². The summed E-state index contributed by atoms with van der Waals surface area (Å²) in [6.45, 7) is 0.276. The summed E-state index contributed by atoms with van der Waals surface area (Å²) in [5, 5.41) is 21.2. The van der Waals surface area contributed by atoms with Crippen molar-refractivity contribution in [3.8, 4) is 11.1 Å². The van der Waals surface area contributed by atoms with Gasteiger partial charge >= 0.3 is 5.97 Å². The molecule has 0 aliphatic rings. The molecule has 27 heavy (non-hydrogen) atoms. The van der Waals surface area contributed by atoms with Gasteiger partial charge in [0.25, 0.3) is 5.56 Å². The molecule has 2 aromatic heterocycles. The summed E-state index contributed by atoms with van der Waals surface area (Å²) in [6, 6.07) is 12.8. The number of fused-ring (bicyclic) bond motifs is 1. The van der Waals surface area contributed by atoms with E-state index in [9.17, 15) is 9.59 Å². The summed E-state index contributed by atoms with van der Waals surface area (Å²) < 4.78 is 1.39. The highest BCUT2D eigenvalue weighted by molar-refractivity contribution is 5.85. The van der Waals surface area contributed by atoms with Crippen LogP contribution < -0.4 is 5.56 Å². The van der Waals surface area contributed by atoms with E-state index in [4.69, 9.17) is 5.11 Å². The van der Waals surface area contributed by atoms with Crippen molar-refractivity contribution in [2.75, 3.05) is 0 Å². The molecule has 0 saturated heterocycles. The number of carbonyl (C=O) groups is 1. The molecule has 2 aromatic carbocycles. The number of nitrogens with zero attached hydrogens (tertiary/aromatic N) is 3. The van der Waals surface area contributed by atoms with Crippen molar-refractivity contribution in [3.05, 3.63) is 82.5 Å². The molecule has 4 aromatic rings. The standard InChI is InChI=1S/C20H16N4O3/c25-19(26)7-13-2-1-3-14(6-13)12-24-20(27)18-8-15(17-9-21-22-10-17)4-5-16(18)11-23-24/h1-6,8-11H,7,12H2,(H,21,22)(H,25,26). The van der Waals surface area contributed by atoms with Crippen LogP contribution in [0, 0.1) is 0 Å². The number of nitrogens with one attached hydrogen (secondary N) is 1. The van der Waals surface area contributed by atoms with Gasteiger partial charge in [-0.2, -0.15) is 10.2 Å². The minimum absolute atomic E-state index is 0.0536. The molecule has 0 spiro atoms. The van der Waals surface area contributed by atoms with Gasteiger partial charge in [0.05, 0.1) is 30.7 Å². The molecule has 2 heterocycles. The van der Waals surface area contributed by atoms with Crippen LogP contribution in [0.5, 0.6) is 0 Å². The van der Waals surface area contributed by atoms with Gasteiger partial charge in [0.1, 0.15) is 0 Å². The SMILES string of the molecule is O=C(O)Cc1cccc(Cn2ncc3ccc(-c4cn[nH]c4)cc3c2=O)c1. The molecule has 7 heteroatoms. The van der Waals surface area contributed by atoms with Gasteiger partial charge in [0.2, 0.25) is 0 Å². The Morgan fingerprint density at radius 2 is 1.93 bits per heavy atom. The number of hydrogen-bond acceptors (Lipinski definition) is 4. The van der Waals surface area contributed by atoms with Crippen LogP contribution in [0.4, 0.5) is 0 Å². The van der Waals surface area contributed by atoms with E-state index < -0.39 is 5.97 Å². The lowest BCUT2D eigenvalue weighted by Gasteiger charge is -2.08. The number of hydrogen-bond donors (Lipinski definition) is 2. The van der Waals surface area contributed by atoms with Crippen LogP contribution in [-0.2, 0) is 17.8 Å². The predicted octanol–water partition coefficient (Wildman–Crippen LogP) is 2.46. The second-order valence-corrected chi connectivity index (χ2v) is 6.29. The van der Waals surface area contributed by atoms with Crippen LogP contribution in [0.2, 0.25) is 0 Å². The number of aromatic amines is 1. The van der Waals surface area contributed by atoms with E-state index in [0.717, 1.165) is 22.1 Å². The molecule has 0 atom stereocenters. The number of carboxylic acids is 1. The molecule has 0 unspecified atom stereocenters. The number of aromatic nitrogens is 4. The van der Waals surface area contributed by atoms with Gasteiger partial charge in [-0.25, -0.2) is 4.68 Å². The third-order valence-electron chi connectivity index (χ3n) is 4.36. The average Bonchev–Trinajstić information content (AvgIpc) is 3.18. The van der Waals surface area contributed by atoms with E-state index in [1.807, 2.05) is 24.3 Å². The van der Waals surface area contributed by atoms with Crippen LogP contribution in [0.25, 0.3) is 21.9 Å². The normalized spacial score (nSPS) is 11.0. The second-order valence-electron chi connectivity index (χ2n) is 6.29. The van der Waals surface area contributed by atoms with Crippen LogP contribution >= 0.6 is 0 Å². The van der Waals surface area contributed by atoms with Crippen molar-refractivity contribution in [1.29, 1.82) is 0 Å². The molecular weight excluding hydrogens is 344 g/mol. The van der Waals surface area contributed by atoms with E-state index in [1.54, 1.807) is 36.8 Å². The first-order valence-corrected chi connectivity index (χ1v) is 8.39. The highest BCUT2D eigenvalue weighted by atomic mass is 16.4. The molecular formula is C20H16N4O3. The fourth-order valence-corrected chi connectivity index (χ4v) is 3.06. The largest absolute Gasteiger partial charge is 0.481 e. The van der Waals surface area contributed by atoms with Gasteiger partial charge in [-0.15, -0.1) is 0 Å². The Labute approximate surface area is 153 Å². The van der Waals surface area contributed by atoms with Gasteiger partial charge in [-0.1, -0.05) is 36.4 Å². The van der Waals surface area contributed by atoms with Crippen LogP contribution in [-0.4, -0.2) is 31.1 Å². The minimum atomic E-state index is -0.889. The van der Waals surface area contributed by atoms with Gasteiger partial charge < -0.3 is 5.11 Å². The molecule has 0 aliphatic carbocycles. The molecule has 0 radical (unpaired) electrons. The van der Waals surface area contributed by atoms with E-state index in [0.29, 0.717) is 10.9 Å². The first-order chi connectivity index (χ1) is 13.1. The summed E-state index contributed by atoms with van der Waals surface area (Å²) in [4.78, 5) is 23.8. The lowest BCUT2D eigenvalue weighted by atomic mass is 10.1. The molecule has 0 aliphatic heterocycles. The smallest absolute Gasteiger partial charge is 0.307 e. The maximum Gasteiger partial charge on any atom is 0.307 e. The minimum Gasteiger partial charge on any atom is -0.481 e. The molecule has 4 rings (SSSR count). The van der Waals surface area contributed by atoms with Gasteiger partial charge in [0.15, 0.2) is 0 Å². The second kappa shape index (κ2) is 6.87. The third kappa shape index (κ3) is 3.48. The van der Waals surface area contributed by atoms with Crippen LogP contribution in [0.15, 0.2) is 65.8 Å². The Bertz CT molecular complexity index is 1180. The molecule has 0 fully saturated rings. The molecule has 134 valence electrons. The zero-order valence-corrected chi connectivity index (χ0v) is 14.3. The maximum absolute atomic E-state index is 12.9. The first-order valence-electron chi connectivity index (χ1n) is 8.39. The Morgan fingerprint density at radius 3 is 2.70 bits per heavy atom.